The average molecular weight is 215 g/mol. The molecule has 4 nitrogen and oxygen atoms in total. The minimum atomic E-state index is -1.28. The summed E-state index contributed by atoms with van der Waals surface area (Å²) in [6.45, 7) is 0. The van der Waals surface area contributed by atoms with E-state index in [1.807, 2.05) is 0 Å². The van der Waals surface area contributed by atoms with Crippen molar-refractivity contribution in [2.45, 2.75) is 50.7 Å². The normalized spacial score (nSPS) is 22.3. The maximum Gasteiger partial charge on any atom is 0.334 e. The molecule has 0 spiro atoms. The van der Waals surface area contributed by atoms with E-state index < -0.39 is 12.1 Å². The van der Waals surface area contributed by atoms with E-state index in [0.29, 0.717) is 5.92 Å². The maximum absolute atomic E-state index is 10.7. The molecule has 2 atom stereocenters. The molecule has 1 aliphatic rings. The molecule has 4 heteroatoms. The highest BCUT2D eigenvalue weighted by atomic mass is 16.4. The van der Waals surface area contributed by atoms with Crippen LogP contribution in [-0.2, 0) is 4.79 Å². The van der Waals surface area contributed by atoms with E-state index in [4.69, 9.17) is 5.11 Å². The fraction of sp³-hybridized carbons (Fsp3) is 0.909. The van der Waals surface area contributed by atoms with Gasteiger partial charge < -0.3 is 15.5 Å². The number of aliphatic carboxylic acids is 1. The molecule has 0 aromatic rings. The van der Waals surface area contributed by atoms with Crippen LogP contribution in [0.3, 0.4) is 0 Å². The van der Waals surface area contributed by atoms with Gasteiger partial charge in [-0.15, -0.1) is 0 Å². The Morgan fingerprint density at radius 3 is 2.47 bits per heavy atom. The Morgan fingerprint density at radius 2 is 2.00 bits per heavy atom. The highest BCUT2D eigenvalue weighted by Gasteiger charge is 2.27. The molecular formula is C11H21NO3. The third-order valence-corrected chi connectivity index (χ3v) is 3.32. The van der Waals surface area contributed by atoms with Crippen molar-refractivity contribution in [2.75, 3.05) is 7.05 Å². The number of likely N-dealkylation sites (N-methyl/N-ethyl adjacent to an activating group) is 1. The lowest BCUT2D eigenvalue weighted by Gasteiger charge is -2.27. The van der Waals surface area contributed by atoms with Crippen molar-refractivity contribution in [1.82, 2.24) is 5.32 Å². The number of hydrogen-bond donors (Lipinski definition) is 3. The second-order valence-corrected chi connectivity index (χ2v) is 4.42. The van der Waals surface area contributed by atoms with E-state index in [-0.39, 0.29) is 6.04 Å². The van der Waals surface area contributed by atoms with Gasteiger partial charge in [0.15, 0.2) is 6.10 Å². The Hall–Kier alpha value is -0.610. The highest BCUT2D eigenvalue weighted by molar-refractivity contribution is 5.72. The number of hydrogen-bond acceptors (Lipinski definition) is 3. The molecule has 2 unspecified atom stereocenters. The van der Waals surface area contributed by atoms with Crippen molar-refractivity contribution in [3.05, 3.63) is 0 Å². The first-order chi connectivity index (χ1) is 7.15. The summed E-state index contributed by atoms with van der Waals surface area (Å²) >= 11 is 0. The van der Waals surface area contributed by atoms with Crippen LogP contribution in [0.2, 0.25) is 0 Å². The van der Waals surface area contributed by atoms with Gasteiger partial charge in [-0.2, -0.15) is 0 Å². The molecular weight excluding hydrogens is 194 g/mol. The fourth-order valence-corrected chi connectivity index (χ4v) is 2.36. The van der Waals surface area contributed by atoms with Crippen LogP contribution in [0.1, 0.15) is 38.5 Å². The first-order valence-electron chi connectivity index (χ1n) is 5.73. The van der Waals surface area contributed by atoms with Crippen LogP contribution in [0.5, 0.6) is 0 Å². The van der Waals surface area contributed by atoms with Crippen LogP contribution in [0.4, 0.5) is 0 Å². The number of aliphatic hydroxyl groups excluding tert-OH is 1. The summed E-state index contributed by atoms with van der Waals surface area (Å²) in [6, 6.07) is -0.314. The van der Waals surface area contributed by atoms with Gasteiger partial charge >= 0.3 is 5.97 Å². The van der Waals surface area contributed by atoms with Crippen LogP contribution in [0.15, 0.2) is 0 Å². The van der Waals surface area contributed by atoms with Gasteiger partial charge in [0.05, 0.1) is 0 Å². The maximum atomic E-state index is 10.7. The molecule has 1 saturated carbocycles. The fourth-order valence-electron chi connectivity index (χ4n) is 2.36. The first-order valence-corrected chi connectivity index (χ1v) is 5.73. The van der Waals surface area contributed by atoms with Gasteiger partial charge in [-0.1, -0.05) is 32.1 Å². The van der Waals surface area contributed by atoms with E-state index in [0.717, 1.165) is 6.42 Å². The minimum absolute atomic E-state index is 0.314. The zero-order valence-electron chi connectivity index (χ0n) is 9.28. The van der Waals surface area contributed by atoms with E-state index >= 15 is 0 Å². The lowest BCUT2D eigenvalue weighted by Crippen LogP contribution is -2.44. The minimum Gasteiger partial charge on any atom is -0.479 e. The molecule has 15 heavy (non-hydrogen) atoms. The molecule has 1 fully saturated rings. The molecule has 0 aliphatic heterocycles. The SMILES string of the molecule is CNC(CC1CCCCC1)C(O)C(=O)O. The molecule has 0 aromatic carbocycles. The van der Waals surface area contributed by atoms with Gasteiger partial charge in [0.1, 0.15) is 0 Å². The number of carboxylic acid groups (broad SMARTS) is 1. The summed E-state index contributed by atoms with van der Waals surface area (Å²) < 4.78 is 0. The topological polar surface area (TPSA) is 69.6 Å². The van der Waals surface area contributed by atoms with Crippen LogP contribution in [0, 0.1) is 5.92 Å². The Bertz CT molecular complexity index is 202. The van der Waals surface area contributed by atoms with Crippen LogP contribution in [-0.4, -0.2) is 35.4 Å². The number of rotatable bonds is 5. The Labute approximate surface area is 90.7 Å². The average Bonchev–Trinajstić information content (AvgIpc) is 2.26. The summed E-state index contributed by atoms with van der Waals surface area (Å²) in [5.74, 6) is -0.560. The molecule has 3 N–H and O–H groups in total. The van der Waals surface area contributed by atoms with Gasteiger partial charge in [-0.25, -0.2) is 4.79 Å². The van der Waals surface area contributed by atoms with Gasteiger partial charge in [-0.05, 0) is 19.4 Å². The van der Waals surface area contributed by atoms with E-state index in [2.05, 4.69) is 5.32 Å². The molecule has 1 aliphatic carbocycles. The van der Waals surface area contributed by atoms with Crippen molar-refractivity contribution < 1.29 is 15.0 Å². The van der Waals surface area contributed by atoms with Crippen molar-refractivity contribution >= 4 is 5.97 Å². The van der Waals surface area contributed by atoms with Gasteiger partial charge in [0.2, 0.25) is 0 Å². The second kappa shape index (κ2) is 6.08. The van der Waals surface area contributed by atoms with Gasteiger partial charge in [0.25, 0.3) is 0 Å². The van der Waals surface area contributed by atoms with Crippen molar-refractivity contribution in [2.24, 2.45) is 5.92 Å². The van der Waals surface area contributed by atoms with Crippen LogP contribution < -0.4 is 5.32 Å². The predicted molar refractivity (Wildman–Crippen MR) is 57.7 cm³/mol. The molecule has 0 amide bonds. The third-order valence-electron chi connectivity index (χ3n) is 3.32. The second-order valence-electron chi connectivity index (χ2n) is 4.42. The Morgan fingerprint density at radius 1 is 1.40 bits per heavy atom. The summed E-state index contributed by atoms with van der Waals surface area (Å²) in [6.07, 6.45) is 5.60. The Kier molecular flexibility index (Phi) is 5.05. The van der Waals surface area contributed by atoms with Gasteiger partial charge in [0, 0.05) is 6.04 Å². The summed E-state index contributed by atoms with van der Waals surface area (Å²) in [5, 5.41) is 21.1. The number of nitrogens with one attached hydrogen (secondary N) is 1. The molecule has 0 heterocycles. The van der Waals surface area contributed by atoms with Crippen LogP contribution >= 0.6 is 0 Å². The molecule has 0 aromatic heterocycles. The predicted octanol–water partition coefficient (Wildman–Crippen LogP) is 0.990. The van der Waals surface area contributed by atoms with Crippen molar-refractivity contribution in [3.63, 3.8) is 0 Å². The largest absolute Gasteiger partial charge is 0.479 e. The number of aliphatic hydroxyl groups is 1. The molecule has 0 bridgehead atoms. The molecule has 1 rings (SSSR count). The molecule has 0 radical (unpaired) electrons. The van der Waals surface area contributed by atoms with Crippen molar-refractivity contribution in [1.29, 1.82) is 0 Å². The zero-order chi connectivity index (χ0) is 11.3. The Balaban J connectivity index is 2.41. The number of carbonyl (C=O) groups is 1. The quantitative estimate of drug-likeness (QED) is 0.639. The molecule has 0 saturated heterocycles. The zero-order valence-corrected chi connectivity index (χ0v) is 9.28. The smallest absolute Gasteiger partial charge is 0.334 e. The summed E-state index contributed by atoms with van der Waals surface area (Å²) in [7, 11) is 1.71. The first kappa shape index (κ1) is 12.5. The standard InChI is InChI=1S/C11H21NO3/c1-12-9(10(13)11(14)15)7-8-5-3-2-4-6-8/h8-10,12-13H,2-7H2,1H3,(H,14,15). The summed E-state index contributed by atoms with van der Waals surface area (Å²) in [5.41, 5.74) is 0. The van der Waals surface area contributed by atoms with Crippen LogP contribution in [0.25, 0.3) is 0 Å². The highest BCUT2D eigenvalue weighted by Crippen LogP contribution is 2.27. The van der Waals surface area contributed by atoms with E-state index in [1.54, 1.807) is 7.05 Å². The lowest BCUT2D eigenvalue weighted by atomic mass is 9.84. The summed E-state index contributed by atoms with van der Waals surface area (Å²) in [4.78, 5) is 10.7. The molecule has 88 valence electrons. The van der Waals surface area contributed by atoms with Gasteiger partial charge in [-0.3, -0.25) is 0 Å². The van der Waals surface area contributed by atoms with E-state index in [9.17, 15) is 9.90 Å². The van der Waals surface area contributed by atoms with E-state index in [1.165, 1.54) is 32.1 Å². The lowest BCUT2D eigenvalue weighted by molar-refractivity contribution is -0.148. The number of carboxylic acids is 1. The monoisotopic (exact) mass is 215 g/mol. The third kappa shape index (κ3) is 3.80. The van der Waals surface area contributed by atoms with Crippen molar-refractivity contribution in [3.8, 4) is 0 Å².